The molecule has 28 heavy (non-hydrogen) atoms. The maximum atomic E-state index is 10.4. The Kier molecular flexibility index (Phi) is 6.48. The molecule has 2 heteroatoms. The molecule has 2 N–H and O–H groups in total. The van der Waals surface area contributed by atoms with E-state index in [-0.39, 0.29) is 12.2 Å². The molecule has 162 valence electrons. The van der Waals surface area contributed by atoms with E-state index in [0.717, 1.165) is 42.4 Å². The summed E-state index contributed by atoms with van der Waals surface area (Å²) in [6, 6.07) is 0. The molecule has 4 saturated carbocycles. The van der Waals surface area contributed by atoms with Crippen molar-refractivity contribution in [2.24, 2.45) is 46.8 Å². The highest BCUT2D eigenvalue weighted by atomic mass is 16.3. The van der Waals surface area contributed by atoms with Gasteiger partial charge >= 0.3 is 0 Å². The number of rotatable bonds is 3. The van der Waals surface area contributed by atoms with Crippen LogP contribution in [0, 0.1) is 46.8 Å². The summed E-state index contributed by atoms with van der Waals surface area (Å²) < 4.78 is 0. The second-order valence-corrected chi connectivity index (χ2v) is 11.8. The van der Waals surface area contributed by atoms with E-state index >= 15 is 0 Å². The fraction of sp³-hybridized carbons (Fsp3) is 1.00. The Bertz CT molecular complexity index is 491. The molecule has 4 rings (SSSR count). The van der Waals surface area contributed by atoms with Crippen molar-refractivity contribution in [2.75, 3.05) is 0 Å². The van der Waals surface area contributed by atoms with Crippen LogP contribution in [0.5, 0.6) is 0 Å². The molecular weight excluding hydrogens is 344 g/mol. The van der Waals surface area contributed by atoms with Crippen LogP contribution >= 0.6 is 0 Å². The molecule has 0 aliphatic heterocycles. The van der Waals surface area contributed by atoms with Gasteiger partial charge in [-0.05, 0) is 105 Å². The van der Waals surface area contributed by atoms with Crippen LogP contribution in [0.4, 0.5) is 0 Å². The van der Waals surface area contributed by atoms with Crippen molar-refractivity contribution in [2.45, 2.75) is 116 Å². The summed E-state index contributed by atoms with van der Waals surface area (Å²) in [4.78, 5) is 0. The Hall–Kier alpha value is -0.0800. The first-order valence-electron chi connectivity index (χ1n) is 12.8. The molecular formula is C26H46O2. The van der Waals surface area contributed by atoms with Gasteiger partial charge in [-0.3, -0.25) is 0 Å². The summed E-state index contributed by atoms with van der Waals surface area (Å²) in [6.07, 6.45) is 17.0. The predicted molar refractivity (Wildman–Crippen MR) is 116 cm³/mol. The third kappa shape index (κ3) is 3.94. The molecule has 0 saturated heterocycles. The Morgan fingerprint density at radius 3 is 1.57 bits per heavy atom. The Labute approximate surface area is 173 Å². The van der Waals surface area contributed by atoms with Crippen molar-refractivity contribution in [1.29, 1.82) is 0 Å². The Morgan fingerprint density at radius 1 is 0.571 bits per heavy atom. The van der Waals surface area contributed by atoms with Gasteiger partial charge < -0.3 is 10.2 Å². The minimum absolute atomic E-state index is 0.0818. The van der Waals surface area contributed by atoms with E-state index in [1.54, 1.807) is 0 Å². The van der Waals surface area contributed by atoms with Crippen molar-refractivity contribution in [3.8, 4) is 0 Å². The first kappa shape index (κ1) is 21.2. The highest BCUT2D eigenvalue weighted by Gasteiger charge is 2.51. The summed E-state index contributed by atoms with van der Waals surface area (Å²) in [5.74, 6) is 5.32. The highest BCUT2D eigenvalue weighted by molar-refractivity contribution is 5.01. The average molecular weight is 391 g/mol. The normalized spacial score (nSPS) is 49.8. The molecule has 0 radical (unpaired) electrons. The fourth-order valence-corrected chi connectivity index (χ4v) is 8.33. The van der Waals surface area contributed by atoms with Gasteiger partial charge in [0.15, 0.2) is 0 Å². The molecule has 4 aliphatic carbocycles. The van der Waals surface area contributed by atoms with Gasteiger partial charge in [-0.2, -0.15) is 0 Å². The van der Waals surface area contributed by atoms with Crippen LogP contribution < -0.4 is 0 Å². The molecule has 0 amide bonds. The zero-order valence-electron chi connectivity index (χ0n) is 18.8. The summed E-state index contributed by atoms with van der Waals surface area (Å²) >= 11 is 0. The number of aliphatic hydroxyl groups is 2. The number of hydrogen-bond donors (Lipinski definition) is 2. The topological polar surface area (TPSA) is 40.5 Å². The third-order valence-electron chi connectivity index (χ3n) is 10.4. The van der Waals surface area contributed by atoms with Gasteiger partial charge in [-0.25, -0.2) is 0 Å². The van der Waals surface area contributed by atoms with Crippen molar-refractivity contribution in [1.82, 2.24) is 0 Å². The summed E-state index contributed by atoms with van der Waals surface area (Å²) in [5.41, 5.74) is 0.408. The van der Waals surface area contributed by atoms with Crippen LogP contribution in [0.1, 0.15) is 104 Å². The van der Waals surface area contributed by atoms with Crippen LogP contribution in [0.3, 0.4) is 0 Å². The summed E-state index contributed by atoms with van der Waals surface area (Å²) in [5, 5.41) is 20.8. The molecule has 4 aliphatic rings. The molecule has 9 unspecified atom stereocenters. The summed E-state index contributed by atoms with van der Waals surface area (Å²) in [6.45, 7) is 7.23. The van der Waals surface area contributed by atoms with E-state index in [0.29, 0.717) is 17.3 Å². The lowest BCUT2D eigenvalue weighted by atomic mass is 9.49. The van der Waals surface area contributed by atoms with E-state index in [1.807, 2.05) is 0 Å². The van der Waals surface area contributed by atoms with Crippen molar-refractivity contribution in [3.05, 3.63) is 0 Å². The fourth-order valence-electron chi connectivity index (χ4n) is 8.33. The smallest absolute Gasteiger partial charge is 0.0566 e. The first-order chi connectivity index (χ1) is 13.4. The zero-order valence-corrected chi connectivity index (χ0v) is 18.8. The van der Waals surface area contributed by atoms with Gasteiger partial charge in [0.1, 0.15) is 0 Å². The molecule has 0 aromatic carbocycles. The standard InChI is InChI=1S/C26H46O2/c1-17-14-21(10-12-24(17)27)26(3,22-11-13-25(28)18(2)15-22)23-9-8-19-6-4-5-7-20(19)16-23/h17-25,27-28H,4-16H2,1-3H3. The second kappa shape index (κ2) is 8.58. The number of aliphatic hydroxyl groups excluding tert-OH is 2. The van der Waals surface area contributed by atoms with E-state index < -0.39 is 0 Å². The Morgan fingerprint density at radius 2 is 1.04 bits per heavy atom. The van der Waals surface area contributed by atoms with E-state index in [1.165, 1.54) is 70.6 Å². The van der Waals surface area contributed by atoms with Gasteiger partial charge in [0.25, 0.3) is 0 Å². The van der Waals surface area contributed by atoms with Crippen LogP contribution in [0.15, 0.2) is 0 Å². The Balaban J connectivity index is 1.58. The lowest BCUT2D eigenvalue weighted by molar-refractivity contribution is -0.0926. The van der Waals surface area contributed by atoms with Crippen molar-refractivity contribution >= 4 is 0 Å². The average Bonchev–Trinajstić information content (AvgIpc) is 2.71. The van der Waals surface area contributed by atoms with Crippen LogP contribution in [0.25, 0.3) is 0 Å². The van der Waals surface area contributed by atoms with Crippen LogP contribution in [-0.2, 0) is 0 Å². The zero-order chi connectivity index (χ0) is 19.9. The van der Waals surface area contributed by atoms with Gasteiger partial charge in [-0.15, -0.1) is 0 Å². The van der Waals surface area contributed by atoms with Gasteiger partial charge in [-0.1, -0.05) is 46.5 Å². The molecule has 9 atom stereocenters. The maximum Gasteiger partial charge on any atom is 0.0566 e. The monoisotopic (exact) mass is 390 g/mol. The molecule has 0 bridgehead atoms. The van der Waals surface area contributed by atoms with Crippen LogP contribution in [-0.4, -0.2) is 22.4 Å². The van der Waals surface area contributed by atoms with Gasteiger partial charge in [0.05, 0.1) is 12.2 Å². The molecule has 2 nitrogen and oxygen atoms in total. The van der Waals surface area contributed by atoms with E-state index in [9.17, 15) is 10.2 Å². The third-order valence-corrected chi connectivity index (χ3v) is 10.4. The maximum absolute atomic E-state index is 10.4. The first-order valence-corrected chi connectivity index (χ1v) is 12.8. The van der Waals surface area contributed by atoms with Crippen LogP contribution in [0.2, 0.25) is 0 Å². The van der Waals surface area contributed by atoms with Crippen molar-refractivity contribution < 1.29 is 10.2 Å². The highest BCUT2D eigenvalue weighted by Crippen LogP contribution is 2.59. The molecule has 4 fully saturated rings. The largest absolute Gasteiger partial charge is 0.393 e. The minimum Gasteiger partial charge on any atom is -0.393 e. The summed E-state index contributed by atoms with van der Waals surface area (Å²) in [7, 11) is 0. The van der Waals surface area contributed by atoms with E-state index in [4.69, 9.17) is 0 Å². The second-order valence-electron chi connectivity index (χ2n) is 11.8. The van der Waals surface area contributed by atoms with Gasteiger partial charge in [0, 0.05) is 0 Å². The quantitative estimate of drug-likeness (QED) is 0.603. The molecule has 0 aromatic rings. The molecule has 0 spiro atoms. The predicted octanol–water partition coefficient (Wildman–Crippen LogP) is 6.19. The number of fused-ring (bicyclic) bond motifs is 1. The minimum atomic E-state index is -0.0818. The SMILES string of the molecule is CC1CC(C(C)(C2CCC(O)C(C)C2)C2CCC3CCCCC3C2)CCC1O. The number of hydrogen-bond acceptors (Lipinski definition) is 2. The van der Waals surface area contributed by atoms with Gasteiger partial charge in [0.2, 0.25) is 0 Å². The van der Waals surface area contributed by atoms with E-state index in [2.05, 4.69) is 20.8 Å². The van der Waals surface area contributed by atoms with Crippen molar-refractivity contribution in [3.63, 3.8) is 0 Å². The molecule has 0 aromatic heterocycles. The lowest BCUT2D eigenvalue weighted by Gasteiger charge is -2.57. The molecule has 0 heterocycles. The lowest BCUT2D eigenvalue weighted by Crippen LogP contribution is -2.50.